The zero-order valence-electron chi connectivity index (χ0n) is 15.0. The Labute approximate surface area is 159 Å². The number of ether oxygens (including phenoxy) is 2. The number of aliphatic imine (C=N–C) groups is 1. The van der Waals surface area contributed by atoms with E-state index in [2.05, 4.69) is 40.6 Å². The van der Waals surface area contributed by atoms with Crippen molar-refractivity contribution in [2.45, 2.75) is 24.9 Å². The number of hydrogen-bond donors (Lipinski definition) is 1. The second-order valence-corrected chi connectivity index (χ2v) is 6.75. The van der Waals surface area contributed by atoms with E-state index in [4.69, 9.17) is 9.47 Å². The number of hydrogen-bond acceptors (Lipinski definition) is 5. The molecule has 2 aromatic rings. The fourth-order valence-electron chi connectivity index (χ4n) is 3.34. The van der Waals surface area contributed by atoms with Crippen molar-refractivity contribution < 1.29 is 9.47 Å². The minimum absolute atomic E-state index is 0.0212. The molecule has 136 valence electrons. The summed E-state index contributed by atoms with van der Waals surface area (Å²) < 4.78 is 11.4. The highest BCUT2D eigenvalue weighted by atomic mass is 16.5. The Hall–Kier alpha value is -3.26. The molecule has 0 bridgehead atoms. The van der Waals surface area contributed by atoms with Crippen molar-refractivity contribution in [3.63, 3.8) is 0 Å². The van der Waals surface area contributed by atoms with Crippen molar-refractivity contribution in [3.8, 4) is 6.07 Å². The van der Waals surface area contributed by atoms with E-state index in [9.17, 15) is 5.26 Å². The molecule has 0 saturated carbocycles. The summed E-state index contributed by atoms with van der Waals surface area (Å²) in [5, 5.41) is 12.9. The van der Waals surface area contributed by atoms with Crippen LogP contribution in [-0.2, 0) is 22.3 Å². The molecule has 0 amide bonds. The van der Waals surface area contributed by atoms with Gasteiger partial charge in [0.15, 0.2) is 5.57 Å². The maximum Gasteiger partial charge on any atom is 0.233 e. The number of nitriles is 1. The number of nitrogens with one attached hydrogen (secondary N) is 1. The van der Waals surface area contributed by atoms with E-state index in [0.717, 1.165) is 12.8 Å². The molecule has 0 aromatic heterocycles. The van der Waals surface area contributed by atoms with Gasteiger partial charge in [0.25, 0.3) is 0 Å². The Bertz CT molecular complexity index is 885. The third-order valence-electron chi connectivity index (χ3n) is 4.67. The van der Waals surface area contributed by atoms with Crippen molar-refractivity contribution in [2.24, 2.45) is 4.99 Å². The molecule has 5 heteroatoms. The second kappa shape index (κ2) is 7.96. The van der Waals surface area contributed by atoms with Crippen molar-refractivity contribution >= 4 is 5.90 Å². The molecule has 2 heterocycles. The number of nitrogens with zero attached hydrogens (tertiary/aromatic N) is 2. The van der Waals surface area contributed by atoms with E-state index in [1.807, 2.05) is 36.4 Å². The Morgan fingerprint density at radius 2 is 1.63 bits per heavy atom. The van der Waals surface area contributed by atoms with Crippen LogP contribution in [0.5, 0.6) is 0 Å². The topological polar surface area (TPSA) is 66.6 Å². The van der Waals surface area contributed by atoms with E-state index in [0.29, 0.717) is 30.6 Å². The van der Waals surface area contributed by atoms with Crippen LogP contribution in [0.1, 0.15) is 11.1 Å². The maximum absolute atomic E-state index is 9.61. The van der Waals surface area contributed by atoms with Gasteiger partial charge in [0.1, 0.15) is 19.3 Å². The average molecular weight is 359 g/mol. The van der Waals surface area contributed by atoms with Crippen LogP contribution in [-0.4, -0.2) is 31.2 Å². The lowest BCUT2D eigenvalue weighted by atomic mass is 10.1. The summed E-state index contributed by atoms with van der Waals surface area (Å²) in [4.78, 5) is 4.60. The van der Waals surface area contributed by atoms with Crippen LogP contribution in [0.4, 0.5) is 0 Å². The van der Waals surface area contributed by atoms with Crippen molar-refractivity contribution in [2.75, 3.05) is 13.2 Å². The maximum atomic E-state index is 9.61. The molecular weight excluding hydrogens is 338 g/mol. The normalized spacial score (nSPS) is 22.9. The van der Waals surface area contributed by atoms with Gasteiger partial charge in [-0.05, 0) is 24.0 Å². The highest BCUT2D eigenvalue weighted by molar-refractivity contribution is 5.98. The molecule has 0 spiro atoms. The number of benzene rings is 2. The molecule has 1 N–H and O–H groups in total. The molecule has 1 fully saturated rings. The predicted molar refractivity (Wildman–Crippen MR) is 103 cm³/mol. The van der Waals surface area contributed by atoms with Gasteiger partial charge in [0.05, 0.1) is 12.1 Å². The van der Waals surface area contributed by atoms with Crippen LogP contribution < -0.4 is 5.32 Å². The Morgan fingerprint density at radius 3 is 2.30 bits per heavy atom. The molecule has 27 heavy (non-hydrogen) atoms. The average Bonchev–Trinajstić information content (AvgIpc) is 3.35. The van der Waals surface area contributed by atoms with Gasteiger partial charge in [-0.15, -0.1) is 0 Å². The molecule has 2 atom stereocenters. The van der Waals surface area contributed by atoms with E-state index < -0.39 is 0 Å². The summed E-state index contributed by atoms with van der Waals surface area (Å²) in [5.74, 6) is 0.846. The molecule has 2 aliphatic heterocycles. The Morgan fingerprint density at radius 1 is 0.963 bits per heavy atom. The highest BCUT2D eigenvalue weighted by Crippen LogP contribution is 2.20. The van der Waals surface area contributed by atoms with Crippen LogP contribution in [0, 0.1) is 11.3 Å². The predicted octanol–water partition coefficient (Wildman–Crippen LogP) is 2.99. The van der Waals surface area contributed by atoms with Gasteiger partial charge in [0, 0.05) is 0 Å². The molecule has 0 unspecified atom stereocenters. The summed E-state index contributed by atoms with van der Waals surface area (Å²) in [5.41, 5.74) is 2.79. The molecule has 2 aromatic carbocycles. The van der Waals surface area contributed by atoms with E-state index >= 15 is 0 Å². The zero-order valence-corrected chi connectivity index (χ0v) is 15.0. The van der Waals surface area contributed by atoms with E-state index in [1.54, 1.807) is 0 Å². The molecule has 1 saturated heterocycles. The van der Waals surface area contributed by atoms with Crippen LogP contribution in [0.3, 0.4) is 0 Å². The fourth-order valence-corrected chi connectivity index (χ4v) is 3.34. The van der Waals surface area contributed by atoms with Gasteiger partial charge in [-0.3, -0.25) is 0 Å². The van der Waals surface area contributed by atoms with Crippen LogP contribution >= 0.6 is 0 Å². The van der Waals surface area contributed by atoms with Crippen molar-refractivity contribution in [3.05, 3.63) is 83.2 Å². The SMILES string of the molecule is N#C/C(C1=N[C@@H](Cc2ccccc2)CO1)=C1/N[C@@H](Cc2ccccc2)CO1. The van der Waals surface area contributed by atoms with Gasteiger partial charge >= 0.3 is 0 Å². The Kier molecular flexibility index (Phi) is 5.06. The standard InChI is InChI=1S/C22H21N3O2/c23-13-20(21-24-18(14-26-21)11-16-7-3-1-4-8-16)22-25-19(15-27-22)12-17-9-5-2-6-10-17/h1-10,18-19,24H,11-12,14-15H2/b21-20+/t18-,19-/m0/s1. The largest absolute Gasteiger partial charge is 0.476 e. The van der Waals surface area contributed by atoms with Crippen LogP contribution in [0.15, 0.2) is 77.1 Å². The molecular formula is C22H21N3O2. The first-order valence-electron chi connectivity index (χ1n) is 9.14. The van der Waals surface area contributed by atoms with Gasteiger partial charge in [-0.1, -0.05) is 60.7 Å². The monoisotopic (exact) mass is 359 g/mol. The van der Waals surface area contributed by atoms with Crippen LogP contribution in [0.25, 0.3) is 0 Å². The Balaban J connectivity index is 1.44. The van der Waals surface area contributed by atoms with Gasteiger partial charge in [0.2, 0.25) is 11.8 Å². The highest BCUT2D eigenvalue weighted by Gasteiger charge is 2.29. The lowest BCUT2D eigenvalue weighted by Crippen LogP contribution is -2.26. The van der Waals surface area contributed by atoms with E-state index in [-0.39, 0.29) is 12.1 Å². The molecule has 0 aliphatic carbocycles. The third kappa shape index (κ3) is 4.12. The third-order valence-corrected chi connectivity index (χ3v) is 4.67. The van der Waals surface area contributed by atoms with Gasteiger partial charge in [-0.25, -0.2) is 4.99 Å². The van der Waals surface area contributed by atoms with Crippen molar-refractivity contribution in [1.82, 2.24) is 5.32 Å². The summed E-state index contributed by atoms with van der Waals surface area (Å²) in [6, 6.07) is 22.8. The molecule has 0 radical (unpaired) electrons. The minimum atomic E-state index is 0.0212. The smallest absolute Gasteiger partial charge is 0.233 e. The van der Waals surface area contributed by atoms with E-state index in [1.165, 1.54) is 11.1 Å². The minimum Gasteiger partial charge on any atom is -0.476 e. The zero-order chi connectivity index (χ0) is 18.5. The van der Waals surface area contributed by atoms with Crippen molar-refractivity contribution in [1.29, 1.82) is 5.26 Å². The lowest BCUT2D eigenvalue weighted by Gasteiger charge is -2.08. The summed E-state index contributed by atoms with van der Waals surface area (Å²) in [7, 11) is 0. The molecule has 5 nitrogen and oxygen atoms in total. The first-order chi connectivity index (χ1) is 13.3. The lowest BCUT2D eigenvalue weighted by molar-refractivity contribution is 0.251. The first-order valence-corrected chi connectivity index (χ1v) is 9.14. The molecule has 2 aliphatic rings. The summed E-state index contributed by atoms with van der Waals surface area (Å²) in [6.45, 7) is 1.01. The first kappa shape index (κ1) is 17.2. The van der Waals surface area contributed by atoms with Gasteiger partial charge in [-0.2, -0.15) is 5.26 Å². The van der Waals surface area contributed by atoms with Gasteiger partial charge < -0.3 is 14.8 Å². The molecule has 4 rings (SSSR count). The fraction of sp³-hybridized carbons (Fsp3) is 0.273. The summed E-state index contributed by atoms with van der Waals surface area (Å²) >= 11 is 0. The van der Waals surface area contributed by atoms with Crippen LogP contribution in [0.2, 0.25) is 0 Å². The quantitative estimate of drug-likeness (QED) is 0.834. The summed E-state index contributed by atoms with van der Waals surface area (Å²) in [6.07, 6.45) is 1.64. The second-order valence-electron chi connectivity index (χ2n) is 6.75. The number of rotatable bonds is 5.